The second-order valence-electron chi connectivity index (χ2n) is 6.83. The minimum Gasteiger partial charge on any atom is -0.490 e. The van der Waals surface area contributed by atoms with Crippen molar-refractivity contribution in [3.05, 3.63) is 59.7 Å². The van der Waals surface area contributed by atoms with Crippen LogP contribution in [-0.4, -0.2) is 32.3 Å². The molecule has 29 heavy (non-hydrogen) atoms. The van der Waals surface area contributed by atoms with Crippen molar-refractivity contribution >= 4 is 27.6 Å². The maximum absolute atomic E-state index is 12.7. The number of nitrogens with one attached hydrogen (secondary N) is 2. The minimum absolute atomic E-state index is 0.138. The molecule has 0 saturated heterocycles. The average Bonchev–Trinajstić information content (AvgIpc) is 2.70. The quantitative estimate of drug-likeness (QED) is 0.640. The van der Waals surface area contributed by atoms with Crippen molar-refractivity contribution in [2.75, 3.05) is 11.3 Å². The van der Waals surface area contributed by atoms with Crippen LogP contribution in [-0.2, 0) is 10.2 Å². The van der Waals surface area contributed by atoms with Crippen LogP contribution < -0.4 is 20.5 Å². The molecule has 1 aliphatic heterocycles. The maximum Gasteiger partial charge on any atom is 0.344 e. The van der Waals surface area contributed by atoms with E-state index in [9.17, 15) is 13.2 Å². The Balaban J connectivity index is 1.82. The molecule has 8 nitrogen and oxygen atoms in total. The predicted octanol–water partition coefficient (Wildman–Crippen LogP) is 2.43. The fraction of sp³-hybridized carbons (Fsp3) is 0.300. The van der Waals surface area contributed by atoms with E-state index in [0.29, 0.717) is 35.4 Å². The molecule has 1 aliphatic rings. The molecule has 0 atom stereocenters. The van der Waals surface area contributed by atoms with Crippen LogP contribution in [0.15, 0.2) is 52.9 Å². The smallest absolute Gasteiger partial charge is 0.344 e. The molecule has 0 fully saturated rings. The molecule has 1 heterocycles. The summed E-state index contributed by atoms with van der Waals surface area (Å²) in [6.07, 6.45) is 1.29. The van der Waals surface area contributed by atoms with Crippen molar-refractivity contribution in [1.82, 2.24) is 5.32 Å². The van der Waals surface area contributed by atoms with Gasteiger partial charge in [-0.3, -0.25) is 9.52 Å². The highest BCUT2D eigenvalue weighted by Gasteiger charge is 2.31. The van der Waals surface area contributed by atoms with Gasteiger partial charge in [0.1, 0.15) is 12.4 Å². The zero-order valence-electron chi connectivity index (χ0n) is 16.3. The van der Waals surface area contributed by atoms with Crippen molar-refractivity contribution in [3.63, 3.8) is 0 Å². The van der Waals surface area contributed by atoms with E-state index in [1.807, 2.05) is 32.0 Å². The van der Waals surface area contributed by atoms with Gasteiger partial charge < -0.3 is 15.8 Å². The van der Waals surface area contributed by atoms with E-state index >= 15 is 0 Å². The third-order valence-corrected chi connectivity index (χ3v) is 5.93. The van der Waals surface area contributed by atoms with Gasteiger partial charge in [0.2, 0.25) is 0 Å². The Hall–Kier alpha value is -3.07. The topological polar surface area (TPSA) is 123 Å². The normalized spacial score (nSPS) is 14.9. The van der Waals surface area contributed by atoms with E-state index in [2.05, 4.69) is 14.4 Å². The largest absolute Gasteiger partial charge is 0.490 e. The molecule has 2 aromatic carbocycles. The van der Waals surface area contributed by atoms with Crippen LogP contribution in [0.5, 0.6) is 5.75 Å². The summed E-state index contributed by atoms with van der Waals surface area (Å²) in [7, 11) is -3.86. The Labute approximate surface area is 170 Å². The molecule has 0 unspecified atom stereocenters. The summed E-state index contributed by atoms with van der Waals surface area (Å²) >= 11 is 0. The first-order valence-electron chi connectivity index (χ1n) is 9.31. The van der Waals surface area contributed by atoms with Crippen LogP contribution in [0.1, 0.15) is 42.6 Å². The number of hydrogen-bond donors (Lipinski definition) is 3. The van der Waals surface area contributed by atoms with Crippen molar-refractivity contribution in [2.45, 2.75) is 32.2 Å². The highest BCUT2D eigenvalue weighted by Crippen LogP contribution is 2.31. The lowest BCUT2D eigenvalue weighted by atomic mass is 9.93. The Kier molecular flexibility index (Phi) is 5.78. The summed E-state index contributed by atoms with van der Waals surface area (Å²) in [5, 5.41) is 3.08. The van der Waals surface area contributed by atoms with Gasteiger partial charge in [-0.05, 0) is 37.1 Å². The van der Waals surface area contributed by atoms with Gasteiger partial charge in [-0.2, -0.15) is 8.42 Å². The molecule has 154 valence electrons. The van der Waals surface area contributed by atoms with E-state index in [1.165, 1.54) is 0 Å². The van der Waals surface area contributed by atoms with Gasteiger partial charge in [0.05, 0.1) is 16.8 Å². The van der Waals surface area contributed by atoms with Crippen molar-refractivity contribution in [1.29, 1.82) is 0 Å². The minimum atomic E-state index is -3.86. The molecule has 0 saturated carbocycles. The lowest BCUT2D eigenvalue weighted by Gasteiger charge is -2.33. The third-order valence-electron chi connectivity index (χ3n) is 5.01. The van der Waals surface area contributed by atoms with Crippen LogP contribution in [0.2, 0.25) is 0 Å². The molecule has 1 amide bonds. The molecule has 9 heteroatoms. The number of carbonyl (C=O) groups is 1. The molecule has 0 spiro atoms. The van der Waals surface area contributed by atoms with Gasteiger partial charge in [-0.25, -0.2) is 0 Å². The molecule has 0 radical (unpaired) electrons. The molecule has 2 aromatic rings. The zero-order valence-corrected chi connectivity index (χ0v) is 17.1. The Morgan fingerprint density at radius 3 is 2.48 bits per heavy atom. The Bertz CT molecular complexity index is 1030. The standard InChI is InChI=1S/C20H24N4O4S/c1-3-20(4-2,22-19(25)14-9-6-5-7-10-14)13-28-16-12-8-11-15-17(16)18(21)24-29(26,27)23-15/h5-12,23H,3-4,13H2,1-2H3,(H2,21,24)(H,22,25). The van der Waals surface area contributed by atoms with E-state index in [-0.39, 0.29) is 18.3 Å². The number of amidine groups is 1. The monoisotopic (exact) mass is 416 g/mol. The number of carbonyl (C=O) groups excluding carboxylic acids is 1. The van der Waals surface area contributed by atoms with E-state index in [1.54, 1.807) is 30.3 Å². The summed E-state index contributed by atoms with van der Waals surface area (Å²) < 4.78 is 35.3. The lowest BCUT2D eigenvalue weighted by Crippen LogP contribution is -2.52. The number of amides is 1. The van der Waals surface area contributed by atoms with Crippen LogP contribution in [0.3, 0.4) is 0 Å². The number of ether oxygens (including phenoxy) is 1. The predicted molar refractivity (Wildman–Crippen MR) is 112 cm³/mol. The summed E-state index contributed by atoms with van der Waals surface area (Å²) in [6.45, 7) is 4.14. The molecule has 0 bridgehead atoms. The summed E-state index contributed by atoms with van der Waals surface area (Å²) in [4.78, 5) is 12.7. The van der Waals surface area contributed by atoms with Crippen molar-refractivity contribution in [3.8, 4) is 5.75 Å². The Morgan fingerprint density at radius 1 is 1.14 bits per heavy atom. The third kappa shape index (κ3) is 4.51. The first-order valence-corrected chi connectivity index (χ1v) is 10.7. The highest BCUT2D eigenvalue weighted by atomic mass is 32.2. The number of nitrogens with two attached hydrogens (primary N) is 1. The first-order chi connectivity index (χ1) is 13.8. The molecule has 0 aliphatic carbocycles. The average molecular weight is 417 g/mol. The van der Waals surface area contributed by atoms with Gasteiger partial charge >= 0.3 is 10.2 Å². The van der Waals surface area contributed by atoms with Crippen molar-refractivity contribution in [2.24, 2.45) is 10.1 Å². The van der Waals surface area contributed by atoms with Gasteiger partial charge in [-0.1, -0.05) is 38.1 Å². The van der Waals surface area contributed by atoms with Gasteiger partial charge in [-0.15, -0.1) is 4.40 Å². The van der Waals surface area contributed by atoms with Crippen LogP contribution >= 0.6 is 0 Å². The maximum atomic E-state index is 12.7. The van der Waals surface area contributed by atoms with E-state index in [4.69, 9.17) is 10.5 Å². The van der Waals surface area contributed by atoms with Crippen LogP contribution in [0, 0.1) is 0 Å². The fourth-order valence-electron chi connectivity index (χ4n) is 3.12. The first kappa shape index (κ1) is 20.7. The number of hydrogen-bond acceptors (Lipinski definition) is 5. The van der Waals surface area contributed by atoms with Gasteiger partial charge in [0.15, 0.2) is 5.84 Å². The summed E-state index contributed by atoms with van der Waals surface area (Å²) in [5.74, 6) is 0.0782. The molecule has 3 rings (SSSR count). The van der Waals surface area contributed by atoms with Gasteiger partial charge in [0, 0.05) is 5.56 Å². The summed E-state index contributed by atoms with van der Waals surface area (Å²) in [5.41, 5.74) is 6.53. The fourth-order valence-corrected chi connectivity index (χ4v) is 3.97. The Morgan fingerprint density at radius 2 is 1.83 bits per heavy atom. The highest BCUT2D eigenvalue weighted by molar-refractivity contribution is 7.91. The second-order valence-corrected chi connectivity index (χ2v) is 8.17. The number of rotatable bonds is 7. The number of benzene rings is 2. The summed E-state index contributed by atoms with van der Waals surface area (Å²) in [6, 6.07) is 13.9. The SMILES string of the molecule is CCC(CC)(COc1cccc2c1C(N)=NS(=O)(=O)N2)NC(=O)c1ccccc1. The lowest BCUT2D eigenvalue weighted by molar-refractivity contribution is 0.0837. The molecular weight excluding hydrogens is 392 g/mol. The van der Waals surface area contributed by atoms with Crippen LogP contribution in [0.4, 0.5) is 5.69 Å². The van der Waals surface area contributed by atoms with E-state index < -0.39 is 15.7 Å². The van der Waals surface area contributed by atoms with Gasteiger partial charge in [0.25, 0.3) is 5.91 Å². The van der Waals surface area contributed by atoms with E-state index in [0.717, 1.165) is 0 Å². The number of fused-ring (bicyclic) bond motifs is 1. The molecule has 4 N–H and O–H groups in total. The zero-order chi connectivity index (χ0) is 21.1. The second kappa shape index (κ2) is 8.12. The molecular formula is C20H24N4O4S. The number of anilines is 1. The molecule has 0 aromatic heterocycles. The van der Waals surface area contributed by atoms with Crippen molar-refractivity contribution < 1.29 is 17.9 Å². The number of nitrogens with zero attached hydrogens (tertiary/aromatic N) is 1. The van der Waals surface area contributed by atoms with Crippen LogP contribution in [0.25, 0.3) is 0 Å².